The molecule has 0 radical (unpaired) electrons. The highest BCUT2D eigenvalue weighted by Gasteiger charge is 2.15. The lowest BCUT2D eigenvalue weighted by atomic mass is 10.1. The normalized spacial score (nSPS) is 17.5. The predicted octanol–water partition coefficient (Wildman–Crippen LogP) is 1.46. The Morgan fingerprint density at radius 3 is 2.64 bits per heavy atom. The van der Waals surface area contributed by atoms with Crippen LogP contribution in [0.3, 0.4) is 0 Å². The van der Waals surface area contributed by atoms with E-state index in [1.165, 1.54) is 5.56 Å². The van der Waals surface area contributed by atoms with Crippen molar-refractivity contribution in [2.75, 3.05) is 26.3 Å². The second kappa shape index (κ2) is 7.00. The van der Waals surface area contributed by atoms with E-state index in [1.807, 2.05) is 19.1 Å². The summed E-state index contributed by atoms with van der Waals surface area (Å²) < 4.78 is 10.7. The van der Waals surface area contributed by atoms with Gasteiger partial charge in [-0.2, -0.15) is 4.98 Å². The van der Waals surface area contributed by atoms with Gasteiger partial charge in [-0.15, -0.1) is 0 Å². The van der Waals surface area contributed by atoms with E-state index in [0.717, 1.165) is 38.3 Å². The third kappa shape index (κ3) is 3.91. The Labute approximate surface area is 130 Å². The lowest BCUT2D eigenvalue weighted by Crippen LogP contribution is -2.35. The minimum absolute atomic E-state index is 0.163. The maximum absolute atomic E-state index is 5.81. The Balaban J connectivity index is 1.65. The first-order valence-electron chi connectivity index (χ1n) is 7.68. The highest BCUT2D eigenvalue weighted by molar-refractivity contribution is 5.54. The predicted molar refractivity (Wildman–Crippen MR) is 83.2 cm³/mol. The van der Waals surface area contributed by atoms with Gasteiger partial charge < -0.3 is 15.0 Å². The molecule has 118 valence electrons. The summed E-state index contributed by atoms with van der Waals surface area (Å²) in [5.41, 5.74) is 7.99. The fraction of sp³-hybridized carbons (Fsp3) is 0.500. The maximum Gasteiger partial charge on any atom is 0.241 e. The number of aromatic nitrogens is 2. The van der Waals surface area contributed by atoms with E-state index in [0.29, 0.717) is 18.3 Å². The molecule has 2 aromatic rings. The number of nitrogens with two attached hydrogens (primary N) is 1. The van der Waals surface area contributed by atoms with Crippen molar-refractivity contribution in [3.63, 3.8) is 0 Å². The van der Waals surface area contributed by atoms with Crippen LogP contribution in [-0.4, -0.2) is 47.4 Å². The average molecular weight is 302 g/mol. The van der Waals surface area contributed by atoms with Gasteiger partial charge in [0.1, 0.15) is 0 Å². The third-order valence-electron chi connectivity index (χ3n) is 3.70. The second-order valence-corrected chi connectivity index (χ2v) is 5.78. The summed E-state index contributed by atoms with van der Waals surface area (Å²) in [6.07, 6.45) is 0.870. The summed E-state index contributed by atoms with van der Waals surface area (Å²) in [6.45, 7) is 6.03. The molecule has 0 bridgehead atoms. The standard InChI is InChI=1S/C16H22N4O2/c1-12(17)10-13-2-4-14(5-3-13)16-18-15(22-19-16)11-20-6-8-21-9-7-20/h2-5,12H,6-11,17H2,1H3. The summed E-state index contributed by atoms with van der Waals surface area (Å²) in [7, 11) is 0. The SMILES string of the molecule is CC(N)Cc1ccc(-c2noc(CN3CCOCC3)n2)cc1. The number of nitrogens with zero attached hydrogens (tertiary/aromatic N) is 3. The van der Waals surface area contributed by atoms with E-state index >= 15 is 0 Å². The largest absolute Gasteiger partial charge is 0.379 e. The highest BCUT2D eigenvalue weighted by Crippen LogP contribution is 2.18. The van der Waals surface area contributed by atoms with E-state index in [1.54, 1.807) is 0 Å². The van der Waals surface area contributed by atoms with Crippen LogP contribution < -0.4 is 5.73 Å². The van der Waals surface area contributed by atoms with Crippen molar-refractivity contribution in [3.8, 4) is 11.4 Å². The van der Waals surface area contributed by atoms with Crippen molar-refractivity contribution in [2.24, 2.45) is 5.73 Å². The second-order valence-electron chi connectivity index (χ2n) is 5.78. The molecule has 2 N–H and O–H groups in total. The van der Waals surface area contributed by atoms with Crippen LogP contribution in [0, 0.1) is 0 Å². The van der Waals surface area contributed by atoms with Gasteiger partial charge in [-0.25, -0.2) is 0 Å². The zero-order valence-electron chi connectivity index (χ0n) is 12.9. The van der Waals surface area contributed by atoms with E-state index in [-0.39, 0.29) is 6.04 Å². The van der Waals surface area contributed by atoms with E-state index in [4.69, 9.17) is 15.0 Å². The summed E-state index contributed by atoms with van der Waals surface area (Å²) in [5.74, 6) is 1.28. The molecule has 1 atom stereocenters. The monoisotopic (exact) mass is 302 g/mol. The maximum atomic E-state index is 5.81. The molecule has 2 heterocycles. The first-order valence-corrected chi connectivity index (χ1v) is 7.68. The Kier molecular flexibility index (Phi) is 4.82. The molecule has 3 rings (SSSR count). The van der Waals surface area contributed by atoms with Crippen LogP contribution in [0.5, 0.6) is 0 Å². The molecular weight excluding hydrogens is 280 g/mol. The van der Waals surface area contributed by atoms with E-state index in [2.05, 4.69) is 27.2 Å². The molecule has 1 saturated heterocycles. The van der Waals surface area contributed by atoms with E-state index < -0.39 is 0 Å². The van der Waals surface area contributed by atoms with Crippen LogP contribution in [0.4, 0.5) is 0 Å². The fourth-order valence-electron chi connectivity index (χ4n) is 2.55. The Hall–Kier alpha value is -1.76. The number of hydrogen-bond donors (Lipinski definition) is 1. The zero-order chi connectivity index (χ0) is 15.4. The molecule has 22 heavy (non-hydrogen) atoms. The summed E-state index contributed by atoms with van der Waals surface area (Å²) in [4.78, 5) is 6.74. The topological polar surface area (TPSA) is 77.4 Å². The summed E-state index contributed by atoms with van der Waals surface area (Å²) in [5, 5.41) is 4.07. The molecule has 1 unspecified atom stereocenters. The smallest absolute Gasteiger partial charge is 0.241 e. The van der Waals surface area contributed by atoms with Gasteiger partial charge in [-0.05, 0) is 18.9 Å². The molecule has 1 aliphatic heterocycles. The molecule has 1 aromatic carbocycles. The van der Waals surface area contributed by atoms with Crippen LogP contribution in [0.1, 0.15) is 18.4 Å². The number of hydrogen-bond acceptors (Lipinski definition) is 6. The lowest BCUT2D eigenvalue weighted by Gasteiger charge is -2.24. The van der Waals surface area contributed by atoms with Gasteiger partial charge in [0.15, 0.2) is 0 Å². The molecule has 1 aliphatic rings. The van der Waals surface area contributed by atoms with Gasteiger partial charge >= 0.3 is 0 Å². The van der Waals surface area contributed by atoms with Crippen molar-refractivity contribution < 1.29 is 9.26 Å². The molecule has 1 aromatic heterocycles. The van der Waals surface area contributed by atoms with Crippen molar-refractivity contribution >= 4 is 0 Å². The van der Waals surface area contributed by atoms with E-state index in [9.17, 15) is 0 Å². The summed E-state index contributed by atoms with van der Waals surface area (Å²) in [6, 6.07) is 8.33. The molecule has 1 fully saturated rings. The van der Waals surface area contributed by atoms with Gasteiger partial charge in [0, 0.05) is 24.7 Å². The minimum Gasteiger partial charge on any atom is -0.379 e. The highest BCUT2D eigenvalue weighted by atomic mass is 16.5. The average Bonchev–Trinajstić information content (AvgIpc) is 2.97. The first kappa shape index (κ1) is 15.1. The Bertz CT molecular complexity index is 588. The van der Waals surface area contributed by atoms with Crippen molar-refractivity contribution in [1.29, 1.82) is 0 Å². The van der Waals surface area contributed by atoms with Gasteiger partial charge in [0.05, 0.1) is 19.8 Å². The van der Waals surface area contributed by atoms with Gasteiger partial charge in [-0.1, -0.05) is 29.4 Å². The number of morpholine rings is 1. The van der Waals surface area contributed by atoms with Crippen LogP contribution in [0.2, 0.25) is 0 Å². The quantitative estimate of drug-likeness (QED) is 0.901. The van der Waals surface area contributed by atoms with Crippen molar-refractivity contribution in [3.05, 3.63) is 35.7 Å². The van der Waals surface area contributed by atoms with Crippen LogP contribution in [0.25, 0.3) is 11.4 Å². The zero-order valence-corrected chi connectivity index (χ0v) is 12.9. The molecule has 6 heteroatoms. The van der Waals surface area contributed by atoms with Crippen molar-refractivity contribution in [1.82, 2.24) is 15.0 Å². The fourth-order valence-corrected chi connectivity index (χ4v) is 2.55. The number of benzene rings is 1. The van der Waals surface area contributed by atoms with Gasteiger partial charge in [0.25, 0.3) is 0 Å². The molecule has 0 aliphatic carbocycles. The Morgan fingerprint density at radius 2 is 1.95 bits per heavy atom. The Morgan fingerprint density at radius 1 is 1.23 bits per heavy atom. The molecular formula is C16H22N4O2. The van der Waals surface area contributed by atoms with Crippen LogP contribution >= 0.6 is 0 Å². The number of ether oxygens (including phenoxy) is 1. The lowest BCUT2D eigenvalue weighted by molar-refractivity contribution is 0.0297. The molecule has 0 saturated carbocycles. The first-order chi connectivity index (χ1) is 10.7. The van der Waals surface area contributed by atoms with Crippen LogP contribution in [0.15, 0.2) is 28.8 Å². The van der Waals surface area contributed by atoms with Crippen molar-refractivity contribution in [2.45, 2.75) is 25.9 Å². The molecule has 0 amide bonds. The molecule has 6 nitrogen and oxygen atoms in total. The third-order valence-corrected chi connectivity index (χ3v) is 3.70. The van der Waals surface area contributed by atoms with Crippen LogP contribution in [-0.2, 0) is 17.7 Å². The number of rotatable bonds is 5. The molecule has 0 spiro atoms. The van der Waals surface area contributed by atoms with Gasteiger partial charge in [0.2, 0.25) is 11.7 Å². The summed E-state index contributed by atoms with van der Waals surface area (Å²) >= 11 is 0. The van der Waals surface area contributed by atoms with Gasteiger partial charge in [-0.3, -0.25) is 4.90 Å². The minimum atomic E-state index is 0.163.